The Hall–Kier alpha value is -0.703. The highest BCUT2D eigenvalue weighted by atomic mass is 28.3. The predicted molar refractivity (Wildman–Crippen MR) is 40.4 cm³/mol. The van der Waals surface area contributed by atoms with Crippen molar-refractivity contribution in [1.29, 1.82) is 0 Å². The topological polar surface area (TPSA) is 49.7 Å². The molecule has 0 aromatic heterocycles. The van der Waals surface area contributed by atoms with Gasteiger partial charge in [-0.05, 0) is 13.8 Å². The van der Waals surface area contributed by atoms with Gasteiger partial charge < -0.3 is 4.80 Å². The lowest BCUT2D eigenvalue weighted by atomic mass is 10.4. The molecule has 0 unspecified atom stereocenters. The van der Waals surface area contributed by atoms with Crippen LogP contribution in [0.5, 0.6) is 0 Å². The van der Waals surface area contributed by atoms with Gasteiger partial charge in [-0.1, -0.05) is 5.70 Å². The van der Waals surface area contributed by atoms with E-state index in [-0.39, 0.29) is 0 Å². The summed E-state index contributed by atoms with van der Waals surface area (Å²) in [6.07, 6.45) is 1.42. The van der Waals surface area contributed by atoms with Gasteiger partial charge in [0.05, 0.1) is 5.16 Å². The Morgan fingerprint density at radius 3 is 2.60 bits per heavy atom. The second kappa shape index (κ2) is 3.46. The molecule has 0 bridgehead atoms. The zero-order valence-electron chi connectivity index (χ0n) is 6.09. The molecule has 10 heavy (non-hydrogen) atoms. The molecule has 0 aromatic rings. The van der Waals surface area contributed by atoms with Crippen LogP contribution in [-0.4, -0.2) is 25.1 Å². The summed E-state index contributed by atoms with van der Waals surface area (Å²) in [6, 6.07) is 0. The molecule has 0 amide bonds. The fourth-order valence-electron chi connectivity index (χ4n) is 0.421. The van der Waals surface area contributed by atoms with E-state index < -0.39 is 14.2 Å². The first kappa shape index (κ1) is 9.30. The van der Waals surface area contributed by atoms with Crippen LogP contribution in [0.2, 0.25) is 0 Å². The Labute approximate surface area is 61.8 Å². The molecule has 1 N–H and O–H groups in total. The fourth-order valence-corrected chi connectivity index (χ4v) is 1.08. The van der Waals surface area contributed by atoms with Gasteiger partial charge in [0, 0.05) is 0 Å². The van der Waals surface area contributed by atoms with Crippen LogP contribution in [0.25, 0.3) is 0 Å². The minimum absolute atomic E-state index is 0.700. The Kier molecular flexibility index (Phi) is 3.22. The summed E-state index contributed by atoms with van der Waals surface area (Å²) in [5.74, 6) is 0. The zero-order chi connectivity index (χ0) is 8.20. The van der Waals surface area contributed by atoms with Crippen molar-refractivity contribution in [2.45, 2.75) is 19.0 Å². The van der Waals surface area contributed by atoms with E-state index in [2.05, 4.69) is 11.6 Å². The summed E-state index contributed by atoms with van der Waals surface area (Å²) in [5, 5.41) is -0.700. The Morgan fingerprint density at radius 1 is 1.80 bits per heavy atom. The second-order valence-electron chi connectivity index (χ2n) is 2.35. The van der Waals surface area contributed by atoms with Crippen LogP contribution in [0, 0.1) is 0 Å². The number of isocyanates is 1. The molecule has 0 fully saturated rings. The number of carbonyl (C=O) groups excluding carboxylic acids is 1. The normalized spacial score (nSPS) is 10.8. The van der Waals surface area contributed by atoms with Crippen molar-refractivity contribution in [1.82, 2.24) is 0 Å². The molecule has 0 rings (SSSR count). The number of rotatable bonds is 3. The highest BCUT2D eigenvalue weighted by Crippen LogP contribution is 2.10. The first-order valence-electron chi connectivity index (χ1n) is 2.82. The molecule has 1 radical (unpaired) electrons. The van der Waals surface area contributed by atoms with E-state index in [1.165, 1.54) is 11.8 Å². The number of hydrogen-bond acceptors (Lipinski definition) is 3. The average molecular weight is 156 g/mol. The standard InChI is InChI=1S/C6H10NO2Si/c1-4-10(9)6(2,3)7-5-8/h4,9H,1H2,2-3H3. The van der Waals surface area contributed by atoms with Gasteiger partial charge in [0.15, 0.2) is 0 Å². The maximum Gasteiger partial charge on any atom is 0.264 e. The van der Waals surface area contributed by atoms with Crippen LogP contribution in [0.1, 0.15) is 13.8 Å². The Bertz CT molecular complexity index is 173. The van der Waals surface area contributed by atoms with Gasteiger partial charge in [-0.25, -0.2) is 9.79 Å². The lowest BCUT2D eigenvalue weighted by Gasteiger charge is -2.17. The Balaban J connectivity index is 4.36. The predicted octanol–water partition coefficient (Wildman–Crippen LogP) is 0.349. The summed E-state index contributed by atoms with van der Waals surface area (Å²) in [6.45, 7) is 6.76. The third kappa shape index (κ3) is 2.27. The maximum atomic E-state index is 9.82. The van der Waals surface area contributed by atoms with Crippen molar-refractivity contribution in [3.63, 3.8) is 0 Å². The van der Waals surface area contributed by atoms with Crippen molar-refractivity contribution >= 4 is 15.1 Å². The first-order chi connectivity index (χ1) is 4.54. The number of aliphatic imine (C=N–C) groups is 1. The third-order valence-electron chi connectivity index (χ3n) is 1.15. The van der Waals surface area contributed by atoms with Crippen LogP contribution < -0.4 is 0 Å². The molecule has 0 atom stereocenters. The highest BCUT2D eigenvalue weighted by molar-refractivity contribution is 6.59. The lowest BCUT2D eigenvalue weighted by Crippen LogP contribution is -2.37. The van der Waals surface area contributed by atoms with E-state index in [9.17, 15) is 9.59 Å². The summed E-state index contributed by atoms with van der Waals surface area (Å²) in [7, 11) is -1.73. The van der Waals surface area contributed by atoms with E-state index in [0.29, 0.717) is 0 Å². The van der Waals surface area contributed by atoms with Gasteiger partial charge >= 0.3 is 0 Å². The molecule has 55 valence electrons. The van der Waals surface area contributed by atoms with Crippen molar-refractivity contribution in [2.75, 3.05) is 0 Å². The van der Waals surface area contributed by atoms with Crippen molar-refractivity contribution in [3.8, 4) is 0 Å². The molecule has 0 saturated carbocycles. The first-order valence-corrected chi connectivity index (χ1v) is 4.35. The van der Waals surface area contributed by atoms with Crippen LogP contribution >= 0.6 is 0 Å². The molecule has 0 spiro atoms. The summed E-state index contributed by atoms with van der Waals surface area (Å²) in [5.41, 5.74) is 1.44. The molecule has 0 aliphatic heterocycles. The van der Waals surface area contributed by atoms with Crippen LogP contribution in [0.3, 0.4) is 0 Å². The van der Waals surface area contributed by atoms with E-state index in [1.54, 1.807) is 13.8 Å². The molecule has 0 aromatic carbocycles. The SMILES string of the molecule is C=C[Si](O)C(C)(C)N=C=O. The van der Waals surface area contributed by atoms with E-state index in [1.807, 2.05) is 0 Å². The maximum absolute atomic E-state index is 9.82. The molecule has 0 saturated heterocycles. The zero-order valence-corrected chi connectivity index (χ0v) is 7.09. The number of nitrogens with zero attached hydrogens (tertiary/aromatic N) is 1. The number of hydrogen-bond donors (Lipinski definition) is 1. The molecule has 0 aliphatic rings. The van der Waals surface area contributed by atoms with Gasteiger partial charge in [-0.15, -0.1) is 6.58 Å². The van der Waals surface area contributed by atoms with Gasteiger partial charge in [-0.3, -0.25) is 0 Å². The summed E-state index contributed by atoms with van der Waals surface area (Å²) < 4.78 is 0. The second-order valence-corrected chi connectivity index (χ2v) is 4.75. The molecular formula is C6H10NO2Si. The molecule has 3 nitrogen and oxygen atoms in total. The summed E-state index contributed by atoms with van der Waals surface area (Å²) in [4.78, 5) is 22.5. The fraction of sp³-hybridized carbons (Fsp3) is 0.500. The smallest absolute Gasteiger partial charge is 0.264 e. The lowest BCUT2D eigenvalue weighted by molar-refractivity contribution is 0.512. The van der Waals surface area contributed by atoms with Crippen molar-refractivity contribution < 1.29 is 9.59 Å². The van der Waals surface area contributed by atoms with Gasteiger partial charge in [-0.2, -0.15) is 0 Å². The minimum Gasteiger partial charge on any atom is -0.426 e. The van der Waals surface area contributed by atoms with Crippen molar-refractivity contribution in [2.24, 2.45) is 4.99 Å². The van der Waals surface area contributed by atoms with Crippen LogP contribution in [0.4, 0.5) is 0 Å². The largest absolute Gasteiger partial charge is 0.426 e. The molecule has 0 heterocycles. The minimum atomic E-state index is -1.73. The van der Waals surface area contributed by atoms with Crippen LogP contribution in [0.15, 0.2) is 17.3 Å². The van der Waals surface area contributed by atoms with Crippen molar-refractivity contribution in [3.05, 3.63) is 12.3 Å². The third-order valence-corrected chi connectivity index (χ3v) is 2.90. The highest BCUT2D eigenvalue weighted by Gasteiger charge is 2.27. The monoisotopic (exact) mass is 156 g/mol. The van der Waals surface area contributed by atoms with Gasteiger partial charge in [0.2, 0.25) is 6.08 Å². The Morgan fingerprint density at radius 2 is 2.30 bits per heavy atom. The quantitative estimate of drug-likeness (QED) is 0.364. The molecular weight excluding hydrogens is 146 g/mol. The van der Waals surface area contributed by atoms with Crippen LogP contribution in [-0.2, 0) is 4.79 Å². The van der Waals surface area contributed by atoms with E-state index in [4.69, 9.17) is 0 Å². The van der Waals surface area contributed by atoms with Gasteiger partial charge in [0.1, 0.15) is 0 Å². The van der Waals surface area contributed by atoms with E-state index in [0.717, 1.165) is 0 Å². The average Bonchev–Trinajstić information content (AvgIpc) is 1.86. The van der Waals surface area contributed by atoms with Gasteiger partial charge in [0.25, 0.3) is 9.04 Å². The van der Waals surface area contributed by atoms with E-state index >= 15 is 0 Å². The molecule has 4 heteroatoms. The summed E-state index contributed by atoms with van der Waals surface area (Å²) >= 11 is 0. The molecule has 0 aliphatic carbocycles.